The fourth-order valence-corrected chi connectivity index (χ4v) is 0.866. The van der Waals surface area contributed by atoms with Crippen molar-refractivity contribution in [2.75, 3.05) is 40.1 Å². The molecule has 0 aliphatic carbocycles. The van der Waals surface area contributed by atoms with Crippen molar-refractivity contribution in [3.63, 3.8) is 0 Å². The summed E-state index contributed by atoms with van der Waals surface area (Å²) in [5.41, 5.74) is 0. The number of carbonyl (C=O) groups is 3. The second-order valence-electron chi connectivity index (χ2n) is 4.18. The molecule has 26 heavy (non-hydrogen) atoms. The molecule has 0 fully saturated rings. The summed E-state index contributed by atoms with van der Waals surface area (Å²) in [5, 5.41) is 8.10. The Hall–Kier alpha value is -2.45. The SMILES string of the molecule is C=CC(=O)OCCCC.C=CC(=O)OCCO.C=CC(=O)OCCOC. The molecule has 0 atom stereocenters. The predicted octanol–water partition coefficient (Wildman–Crippen LogP) is 1.59. The maximum Gasteiger partial charge on any atom is 0.330 e. The summed E-state index contributed by atoms with van der Waals surface area (Å²) < 4.78 is 18.2. The molecule has 8 heteroatoms. The minimum absolute atomic E-state index is 0.0465. The molecule has 0 aliphatic heterocycles. The van der Waals surface area contributed by atoms with E-state index in [1.165, 1.54) is 6.08 Å². The van der Waals surface area contributed by atoms with E-state index in [2.05, 4.69) is 38.7 Å². The second-order valence-corrected chi connectivity index (χ2v) is 4.18. The van der Waals surface area contributed by atoms with Crippen LogP contribution < -0.4 is 0 Å². The van der Waals surface area contributed by atoms with Gasteiger partial charge in [0.25, 0.3) is 0 Å². The molecule has 0 amide bonds. The Morgan fingerprint density at radius 2 is 1.23 bits per heavy atom. The number of unbranched alkanes of at least 4 members (excludes halogenated alkanes) is 1. The van der Waals surface area contributed by atoms with E-state index < -0.39 is 11.9 Å². The largest absolute Gasteiger partial charge is 0.463 e. The smallest absolute Gasteiger partial charge is 0.330 e. The van der Waals surface area contributed by atoms with E-state index >= 15 is 0 Å². The Kier molecular flexibility index (Phi) is 27.0. The number of methoxy groups -OCH3 is 1. The average molecular weight is 374 g/mol. The third kappa shape index (κ3) is 29.5. The molecule has 0 aromatic heterocycles. The van der Waals surface area contributed by atoms with Gasteiger partial charge in [-0.25, -0.2) is 14.4 Å². The molecule has 0 aromatic rings. The summed E-state index contributed by atoms with van der Waals surface area (Å²) in [6.45, 7) is 12.8. The summed E-state index contributed by atoms with van der Waals surface area (Å²) in [4.78, 5) is 30.8. The molecule has 0 bridgehead atoms. The van der Waals surface area contributed by atoms with Gasteiger partial charge in [-0.2, -0.15) is 0 Å². The fourth-order valence-electron chi connectivity index (χ4n) is 0.866. The normalized spacial score (nSPS) is 8.42. The Morgan fingerprint density at radius 1 is 0.808 bits per heavy atom. The van der Waals surface area contributed by atoms with Crippen LogP contribution in [0.25, 0.3) is 0 Å². The molecule has 0 aromatic carbocycles. The number of carbonyl (C=O) groups excluding carboxylic acids is 3. The molecule has 0 saturated carbocycles. The highest BCUT2D eigenvalue weighted by Gasteiger charge is 1.92. The molecule has 150 valence electrons. The van der Waals surface area contributed by atoms with Gasteiger partial charge < -0.3 is 24.1 Å². The van der Waals surface area contributed by atoms with Crippen LogP contribution in [-0.4, -0.2) is 63.2 Å². The zero-order chi connectivity index (χ0) is 20.6. The van der Waals surface area contributed by atoms with Crippen LogP contribution in [-0.2, 0) is 33.3 Å². The number of rotatable bonds is 11. The lowest BCUT2D eigenvalue weighted by atomic mass is 10.4. The van der Waals surface area contributed by atoms with Gasteiger partial charge in [-0.15, -0.1) is 0 Å². The van der Waals surface area contributed by atoms with Crippen molar-refractivity contribution in [1.29, 1.82) is 0 Å². The lowest BCUT2D eigenvalue weighted by Crippen LogP contribution is -2.06. The van der Waals surface area contributed by atoms with Crippen molar-refractivity contribution in [2.45, 2.75) is 19.8 Å². The average Bonchev–Trinajstić information content (AvgIpc) is 2.67. The van der Waals surface area contributed by atoms with E-state index in [-0.39, 0.29) is 19.2 Å². The van der Waals surface area contributed by atoms with Crippen LogP contribution in [0, 0.1) is 0 Å². The van der Waals surface area contributed by atoms with Crippen molar-refractivity contribution in [2.24, 2.45) is 0 Å². The summed E-state index contributed by atoms with van der Waals surface area (Å²) in [5.74, 6) is -1.24. The lowest BCUT2D eigenvalue weighted by Gasteiger charge is -1.98. The maximum absolute atomic E-state index is 10.3. The van der Waals surface area contributed by atoms with Gasteiger partial charge in [0.1, 0.15) is 13.2 Å². The lowest BCUT2D eigenvalue weighted by molar-refractivity contribution is -0.139. The molecular formula is C18H30O8. The zero-order valence-electron chi connectivity index (χ0n) is 15.6. The molecule has 0 unspecified atom stereocenters. The number of hydrogen-bond acceptors (Lipinski definition) is 8. The van der Waals surface area contributed by atoms with Crippen molar-refractivity contribution in [3.05, 3.63) is 38.0 Å². The first-order valence-electron chi connectivity index (χ1n) is 7.90. The van der Waals surface area contributed by atoms with Gasteiger partial charge in [-0.1, -0.05) is 33.1 Å². The van der Waals surface area contributed by atoms with Crippen LogP contribution in [0.1, 0.15) is 19.8 Å². The summed E-state index contributed by atoms with van der Waals surface area (Å²) in [6, 6.07) is 0. The topological polar surface area (TPSA) is 108 Å². The highest BCUT2D eigenvalue weighted by Crippen LogP contribution is 1.88. The summed E-state index contributed by atoms with van der Waals surface area (Å²) in [7, 11) is 1.54. The molecule has 0 aliphatic rings. The first kappa shape index (κ1) is 28.4. The molecule has 0 spiro atoms. The number of aliphatic hydroxyl groups is 1. The number of hydrogen-bond donors (Lipinski definition) is 1. The van der Waals surface area contributed by atoms with E-state index in [4.69, 9.17) is 5.11 Å². The van der Waals surface area contributed by atoms with E-state index in [1.807, 2.05) is 6.92 Å². The van der Waals surface area contributed by atoms with Crippen LogP contribution in [0.15, 0.2) is 38.0 Å². The van der Waals surface area contributed by atoms with Gasteiger partial charge in [0.15, 0.2) is 0 Å². The molecule has 0 saturated heterocycles. The molecule has 0 rings (SSSR count). The third-order valence-corrected chi connectivity index (χ3v) is 2.11. The van der Waals surface area contributed by atoms with E-state index in [0.717, 1.165) is 25.0 Å². The van der Waals surface area contributed by atoms with Crippen LogP contribution in [0.3, 0.4) is 0 Å². The van der Waals surface area contributed by atoms with Crippen LogP contribution in [0.2, 0.25) is 0 Å². The quantitative estimate of drug-likeness (QED) is 0.251. The van der Waals surface area contributed by atoms with E-state index in [1.54, 1.807) is 7.11 Å². The first-order chi connectivity index (χ1) is 12.4. The summed E-state index contributed by atoms with van der Waals surface area (Å²) >= 11 is 0. The van der Waals surface area contributed by atoms with Gasteiger partial charge in [-0.05, 0) is 6.42 Å². The van der Waals surface area contributed by atoms with E-state index in [9.17, 15) is 14.4 Å². The molecule has 0 heterocycles. The van der Waals surface area contributed by atoms with Crippen LogP contribution in [0.4, 0.5) is 0 Å². The highest BCUT2D eigenvalue weighted by atomic mass is 16.6. The Balaban J connectivity index is -0.000000306. The van der Waals surface area contributed by atoms with Crippen molar-refractivity contribution in [1.82, 2.24) is 0 Å². The molecule has 1 N–H and O–H groups in total. The molecule has 8 nitrogen and oxygen atoms in total. The van der Waals surface area contributed by atoms with Gasteiger partial charge >= 0.3 is 17.9 Å². The minimum atomic E-state index is -0.501. The second kappa shape index (κ2) is 24.8. The molecule has 0 radical (unpaired) electrons. The van der Waals surface area contributed by atoms with Crippen molar-refractivity contribution >= 4 is 17.9 Å². The van der Waals surface area contributed by atoms with Gasteiger partial charge in [0, 0.05) is 25.3 Å². The third-order valence-electron chi connectivity index (χ3n) is 2.11. The number of aliphatic hydroxyl groups excluding tert-OH is 1. The van der Waals surface area contributed by atoms with Crippen LogP contribution in [0.5, 0.6) is 0 Å². The van der Waals surface area contributed by atoms with E-state index in [0.29, 0.717) is 19.8 Å². The Labute approximate surface area is 155 Å². The minimum Gasteiger partial charge on any atom is -0.463 e. The highest BCUT2D eigenvalue weighted by molar-refractivity contribution is 5.81. The zero-order valence-corrected chi connectivity index (χ0v) is 15.6. The summed E-state index contributed by atoms with van der Waals surface area (Å²) in [6.07, 6.45) is 5.32. The van der Waals surface area contributed by atoms with Crippen molar-refractivity contribution in [3.8, 4) is 0 Å². The monoisotopic (exact) mass is 374 g/mol. The Bertz CT molecular complexity index is 378. The number of ether oxygens (including phenoxy) is 4. The van der Waals surface area contributed by atoms with Gasteiger partial charge in [-0.3, -0.25) is 0 Å². The Morgan fingerprint density at radius 3 is 1.58 bits per heavy atom. The van der Waals surface area contributed by atoms with Gasteiger partial charge in [0.2, 0.25) is 0 Å². The number of esters is 3. The van der Waals surface area contributed by atoms with Gasteiger partial charge in [0.05, 0.1) is 19.8 Å². The van der Waals surface area contributed by atoms with Crippen LogP contribution >= 0.6 is 0 Å². The predicted molar refractivity (Wildman–Crippen MR) is 97.3 cm³/mol. The standard InChI is InChI=1S/C7H12O2.C6H10O3.C5H8O3/c1-3-5-6-9-7(8)4-2;1-3-6(7)9-5-4-8-2;1-2-5(7)8-4-3-6/h4H,2-3,5-6H2,1H3;3H,1,4-5H2,2H3;2,6H,1,3-4H2. The maximum atomic E-state index is 10.3. The fraction of sp³-hybridized carbons (Fsp3) is 0.500. The van der Waals surface area contributed by atoms with Crippen molar-refractivity contribution < 1.29 is 38.4 Å². The first-order valence-corrected chi connectivity index (χ1v) is 7.90. The molecular weight excluding hydrogens is 344 g/mol.